The lowest BCUT2D eigenvalue weighted by molar-refractivity contribution is -0.133. The van der Waals surface area contributed by atoms with E-state index < -0.39 is 0 Å². The van der Waals surface area contributed by atoms with Crippen LogP contribution < -0.4 is 0 Å². The molecule has 24 heavy (non-hydrogen) atoms. The van der Waals surface area contributed by atoms with Gasteiger partial charge >= 0.3 is 0 Å². The second kappa shape index (κ2) is 6.04. The largest absolute Gasteiger partial charge is 0.338 e. The first-order chi connectivity index (χ1) is 11.6. The van der Waals surface area contributed by atoms with Gasteiger partial charge in [-0.15, -0.1) is 0 Å². The van der Waals surface area contributed by atoms with Crippen LogP contribution in [-0.2, 0) is 11.3 Å². The van der Waals surface area contributed by atoms with E-state index in [1.165, 1.54) is 6.07 Å². The molecule has 1 aliphatic heterocycles. The Hall–Kier alpha value is -2.17. The van der Waals surface area contributed by atoms with Crippen molar-refractivity contribution in [3.8, 4) is 0 Å². The van der Waals surface area contributed by atoms with Crippen molar-refractivity contribution in [1.82, 2.24) is 14.7 Å². The molecular formula is C19H22FN3O. The minimum atomic E-state index is -0.223. The van der Waals surface area contributed by atoms with Gasteiger partial charge in [-0.25, -0.2) is 4.39 Å². The van der Waals surface area contributed by atoms with Crippen LogP contribution in [0.3, 0.4) is 0 Å². The number of carbonyl (C=O) groups excluding carboxylic acids is 1. The summed E-state index contributed by atoms with van der Waals surface area (Å²) in [6.07, 6.45) is 6.79. The van der Waals surface area contributed by atoms with E-state index >= 15 is 0 Å². The van der Waals surface area contributed by atoms with Crippen molar-refractivity contribution in [2.24, 2.45) is 5.92 Å². The van der Waals surface area contributed by atoms with Crippen molar-refractivity contribution in [2.75, 3.05) is 6.54 Å². The summed E-state index contributed by atoms with van der Waals surface area (Å²) in [6, 6.07) is 6.89. The summed E-state index contributed by atoms with van der Waals surface area (Å²) >= 11 is 0. The number of amides is 1. The predicted molar refractivity (Wildman–Crippen MR) is 88.9 cm³/mol. The molecule has 2 heterocycles. The summed E-state index contributed by atoms with van der Waals surface area (Å²) in [5, 5.41) is 4.34. The van der Waals surface area contributed by atoms with Crippen LogP contribution in [0.15, 0.2) is 36.7 Å². The van der Waals surface area contributed by atoms with Gasteiger partial charge in [0.1, 0.15) is 5.82 Å². The van der Waals surface area contributed by atoms with Gasteiger partial charge in [0.2, 0.25) is 5.91 Å². The summed E-state index contributed by atoms with van der Waals surface area (Å²) in [5.74, 6) is 0.211. The SMILES string of the molecule is Cc1cnn(C[C@@H]2CCCN2C(=O)[C@@H]2C[C@H]2c2cccc(F)c2)c1. The van der Waals surface area contributed by atoms with Crippen LogP contribution in [0.1, 0.15) is 36.3 Å². The summed E-state index contributed by atoms with van der Waals surface area (Å²) in [4.78, 5) is 14.9. The Bertz CT molecular complexity index is 757. The highest BCUT2D eigenvalue weighted by Gasteiger charge is 2.47. The number of carbonyl (C=O) groups is 1. The molecule has 0 bridgehead atoms. The summed E-state index contributed by atoms with van der Waals surface area (Å²) in [6.45, 7) is 3.61. The fourth-order valence-electron chi connectivity index (χ4n) is 3.88. The molecule has 5 heteroatoms. The predicted octanol–water partition coefficient (Wildman–Crippen LogP) is 3.13. The fourth-order valence-corrected chi connectivity index (χ4v) is 3.88. The molecule has 3 atom stereocenters. The van der Waals surface area contributed by atoms with Gasteiger partial charge < -0.3 is 4.90 Å². The zero-order valence-corrected chi connectivity index (χ0v) is 13.9. The Morgan fingerprint density at radius 3 is 3.04 bits per heavy atom. The monoisotopic (exact) mass is 327 g/mol. The lowest BCUT2D eigenvalue weighted by Crippen LogP contribution is -2.39. The molecular weight excluding hydrogens is 305 g/mol. The van der Waals surface area contributed by atoms with Crippen LogP contribution in [0.4, 0.5) is 4.39 Å². The highest BCUT2D eigenvalue weighted by atomic mass is 19.1. The minimum absolute atomic E-state index is 0.0201. The molecule has 0 N–H and O–H groups in total. The van der Waals surface area contributed by atoms with Crippen LogP contribution >= 0.6 is 0 Å². The third-order valence-corrected chi connectivity index (χ3v) is 5.20. The molecule has 2 aromatic rings. The molecule has 4 rings (SSSR count). The Labute approximate surface area is 141 Å². The van der Waals surface area contributed by atoms with Gasteiger partial charge in [0, 0.05) is 18.7 Å². The van der Waals surface area contributed by atoms with E-state index in [9.17, 15) is 9.18 Å². The van der Waals surface area contributed by atoms with E-state index in [2.05, 4.69) is 5.10 Å². The molecule has 2 aliphatic rings. The Morgan fingerprint density at radius 2 is 2.29 bits per heavy atom. The van der Waals surface area contributed by atoms with Crippen molar-refractivity contribution in [2.45, 2.75) is 44.7 Å². The summed E-state index contributed by atoms with van der Waals surface area (Å²) in [5.41, 5.74) is 2.09. The first kappa shape index (κ1) is 15.4. The topological polar surface area (TPSA) is 38.1 Å². The number of nitrogens with zero attached hydrogens (tertiary/aromatic N) is 3. The fraction of sp³-hybridized carbons (Fsp3) is 0.474. The van der Waals surface area contributed by atoms with Gasteiger partial charge in [-0.05, 0) is 55.4 Å². The zero-order valence-electron chi connectivity index (χ0n) is 13.9. The number of hydrogen-bond acceptors (Lipinski definition) is 2. The first-order valence-electron chi connectivity index (χ1n) is 8.67. The third-order valence-electron chi connectivity index (χ3n) is 5.20. The lowest BCUT2D eigenvalue weighted by atomic mass is 10.1. The molecule has 2 fully saturated rings. The van der Waals surface area contributed by atoms with Crippen LogP contribution in [-0.4, -0.2) is 33.2 Å². The molecule has 0 unspecified atom stereocenters. The third kappa shape index (κ3) is 2.95. The molecule has 126 valence electrons. The van der Waals surface area contributed by atoms with Crippen molar-refractivity contribution in [3.63, 3.8) is 0 Å². The molecule has 1 saturated carbocycles. The van der Waals surface area contributed by atoms with Crippen molar-refractivity contribution in [3.05, 3.63) is 53.6 Å². The maximum atomic E-state index is 13.4. The van der Waals surface area contributed by atoms with Crippen LogP contribution in [0, 0.1) is 18.7 Å². The first-order valence-corrected chi connectivity index (χ1v) is 8.67. The molecule has 1 aromatic carbocycles. The van der Waals surface area contributed by atoms with E-state index in [1.807, 2.05) is 35.0 Å². The Morgan fingerprint density at radius 1 is 1.42 bits per heavy atom. The number of rotatable bonds is 4. The number of benzene rings is 1. The summed E-state index contributed by atoms with van der Waals surface area (Å²) < 4.78 is 15.3. The molecule has 1 aliphatic carbocycles. The normalized spacial score (nSPS) is 25.9. The smallest absolute Gasteiger partial charge is 0.226 e. The van der Waals surface area contributed by atoms with E-state index in [-0.39, 0.29) is 29.6 Å². The molecule has 1 saturated heterocycles. The maximum absolute atomic E-state index is 13.4. The van der Waals surface area contributed by atoms with Gasteiger partial charge in [0.25, 0.3) is 0 Å². The molecule has 1 aromatic heterocycles. The minimum Gasteiger partial charge on any atom is -0.338 e. The highest BCUT2D eigenvalue weighted by Crippen LogP contribution is 2.49. The van der Waals surface area contributed by atoms with Gasteiger partial charge in [0.05, 0.1) is 18.8 Å². The van der Waals surface area contributed by atoms with Crippen molar-refractivity contribution in [1.29, 1.82) is 0 Å². The number of likely N-dealkylation sites (tertiary alicyclic amines) is 1. The lowest BCUT2D eigenvalue weighted by Gasteiger charge is -2.25. The van der Waals surface area contributed by atoms with Gasteiger partial charge in [-0.1, -0.05) is 12.1 Å². The molecule has 0 radical (unpaired) electrons. The van der Waals surface area contributed by atoms with Crippen molar-refractivity contribution >= 4 is 5.91 Å². The van der Waals surface area contributed by atoms with Gasteiger partial charge in [0.15, 0.2) is 0 Å². The number of hydrogen-bond donors (Lipinski definition) is 0. The van der Waals surface area contributed by atoms with E-state index in [4.69, 9.17) is 0 Å². The van der Waals surface area contributed by atoms with Gasteiger partial charge in [-0.2, -0.15) is 5.10 Å². The van der Waals surface area contributed by atoms with Crippen molar-refractivity contribution < 1.29 is 9.18 Å². The molecule has 4 nitrogen and oxygen atoms in total. The number of aryl methyl sites for hydroxylation is 1. The second-order valence-corrected chi connectivity index (χ2v) is 7.07. The Kier molecular flexibility index (Phi) is 3.87. The number of aromatic nitrogens is 2. The average Bonchev–Trinajstić information content (AvgIpc) is 3.06. The standard InChI is InChI=1S/C19H22FN3O/c1-13-10-21-22(11-13)12-16-6-3-7-23(16)19(24)18-9-17(18)14-4-2-5-15(20)8-14/h2,4-5,8,10-11,16-18H,3,6-7,9,12H2,1H3/t16-,17-,18+/m0/s1. The van der Waals surface area contributed by atoms with Gasteiger partial charge in [-0.3, -0.25) is 9.48 Å². The molecule has 0 spiro atoms. The van der Waals surface area contributed by atoms with Crippen LogP contribution in [0.2, 0.25) is 0 Å². The quantitative estimate of drug-likeness (QED) is 0.865. The average molecular weight is 327 g/mol. The second-order valence-electron chi connectivity index (χ2n) is 7.07. The van der Waals surface area contributed by atoms with Crippen LogP contribution in [0.5, 0.6) is 0 Å². The van der Waals surface area contributed by atoms with E-state index in [1.54, 1.807) is 12.1 Å². The number of halogens is 1. The maximum Gasteiger partial charge on any atom is 0.226 e. The van der Waals surface area contributed by atoms with Crippen LogP contribution in [0.25, 0.3) is 0 Å². The zero-order chi connectivity index (χ0) is 16.7. The van der Waals surface area contributed by atoms with E-state index in [0.29, 0.717) is 0 Å². The highest BCUT2D eigenvalue weighted by molar-refractivity contribution is 5.83. The summed E-state index contributed by atoms with van der Waals surface area (Å²) in [7, 11) is 0. The molecule has 1 amide bonds. The van der Waals surface area contributed by atoms with E-state index in [0.717, 1.165) is 43.5 Å². The Balaban J connectivity index is 1.42.